The molecule has 0 aliphatic heterocycles. The second-order valence-electron chi connectivity index (χ2n) is 8.88. The molecule has 29 heavy (non-hydrogen) atoms. The Labute approximate surface area is 176 Å². The Bertz CT molecular complexity index is 875. The van der Waals surface area contributed by atoms with Gasteiger partial charge in [0.15, 0.2) is 8.32 Å². The van der Waals surface area contributed by atoms with Crippen LogP contribution in [0.15, 0.2) is 53.7 Å². The lowest BCUT2D eigenvalue weighted by molar-refractivity contribution is 0.161. The van der Waals surface area contributed by atoms with E-state index in [0.717, 1.165) is 11.1 Å². The maximum atomic E-state index is 12.4. The van der Waals surface area contributed by atoms with E-state index in [1.807, 2.05) is 25.3 Å². The van der Waals surface area contributed by atoms with Gasteiger partial charge in [0.05, 0.1) is 17.6 Å². The zero-order valence-electron chi connectivity index (χ0n) is 18.3. The molecule has 0 saturated carbocycles. The average Bonchev–Trinajstić information content (AvgIpc) is 2.64. The molecule has 0 bridgehead atoms. The van der Waals surface area contributed by atoms with Crippen molar-refractivity contribution in [1.29, 1.82) is 0 Å². The van der Waals surface area contributed by atoms with E-state index in [4.69, 9.17) is 8.61 Å². The molecule has 1 atom stereocenters. The average molecular weight is 436 g/mol. The van der Waals surface area contributed by atoms with E-state index in [-0.39, 0.29) is 22.6 Å². The minimum Gasteiger partial charge on any atom is -0.410 e. The standard InChI is InChI=1S/C22H33NO4SSi/c1-18-11-13-20(14-12-18)28(24,25)26-16-8-10-21(19-9-7-15-23-17-19)27-29(5,6)22(2,3)4/h7,9,11-15,17,21H,8,10,16H2,1-6H3. The minimum absolute atomic E-state index is 0.0821. The summed E-state index contributed by atoms with van der Waals surface area (Å²) in [6.45, 7) is 13.1. The lowest BCUT2D eigenvalue weighted by Crippen LogP contribution is -2.41. The van der Waals surface area contributed by atoms with Crippen LogP contribution in [0.1, 0.15) is 50.8 Å². The highest BCUT2D eigenvalue weighted by atomic mass is 32.2. The Hall–Kier alpha value is -1.54. The fourth-order valence-corrected chi connectivity index (χ4v) is 4.86. The number of pyridine rings is 1. The maximum Gasteiger partial charge on any atom is 0.296 e. The van der Waals surface area contributed by atoms with Crippen LogP contribution in [0, 0.1) is 6.92 Å². The number of hydrogen-bond donors (Lipinski definition) is 0. The van der Waals surface area contributed by atoms with Gasteiger partial charge in [-0.05, 0) is 61.7 Å². The van der Waals surface area contributed by atoms with E-state index in [2.05, 4.69) is 38.8 Å². The topological polar surface area (TPSA) is 65.5 Å². The number of nitrogens with zero attached hydrogens (tertiary/aromatic N) is 1. The highest BCUT2D eigenvalue weighted by Gasteiger charge is 2.39. The van der Waals surface area contributed by atoms with Gasteiger partial charge in [0.25, 0.3) is 10.1 Å². The molecule has 0 aliphatic carbocycles. The van der Waals surface area contributed by atoms with Crippen molar-refractivity contribution in [3.05, 3.63) is 59.9 Å². The summed E-state index contributed by atoms with van der Waals surface area (Å²) in [7, 11) is -5.73. The molecule has 0 amide bonds. The summed E-state index contributed by atoms with van der Waals surface area (Å²) >= 11 is 0. The molecule has 2 rings (SSSR count). The van der Waals surface area contributed by atoms with Crippen LogP contribution in [-0.4, -0.2) is 28.3 Å². The summed E-state index contributed by atoms with van der Waals surface area (Å²) < 4.78 is 36.6. The van der Waals surface area contributed by atoms with Gasteiger partial charge in [0, 0.05) is 12.4 Å². The first-order chi connectivity index (χ1) is 13.4. The molecular formula is C22H33NO4SSi. The Morgan fingerprint density at radius 3 is 2.31 bits per heavy atom. The van der Waals surface area contributed by atoms with Crippen LogP contribution in [0.4, 0.5) is 0 Å². The third-order valence-corrected chi connectivity index (χ3v) is 11.3. The highest BCUT2D eigenvalue weighted by molar-refractivity contribution is 7.86. The van der Waals surface area contributed by atoms with Crippen LogP contribution in [-0.2, 0) is 18.7 Å². The van der Waals surface area contributed by atoms with E-state index in [0.29, 0.717) is 12.8 Å². The molecular weight excluding hydrogens is 402 g/mol. The molecule has 5 nitrogen and oxygen atoms in total. The predicted octanol–water partition coefficient (Wildman–Crippen LogP) is 5.64. The zero-order valence-corrected chi connectivity index (χ0v) is 20.1. The summed E-state index contributed by atoms with van der Waals surface area (Å²) in [5, 5.41) is 0.0821. The Kier molecular flexibility index (Phi) is 7.78. The predicted molar refractivity (Wildman–Crippen MR) is 119 cm³/mol. The van der Waals surface area contributed by atoms with Crippen LogP contribution in [0.3, 0.4) is 0 Å². The van der Waals surface area contributed by atoms with Crippen LogP contribution in [0.25, 0.3) is 0 Å². The minimum atomic E-state index is -3.74. The smallest absolute Gasteiger partial charge is 0.296 e. The van der Waals surface area contributed by atoms with Crippen molar-refractivity contribution in [3.63, 3.8) is 0 Å². The molecule has 0 N–H and O–H groups in total. The Morgan fingerprint density at radius 1 is 1.10 bits per heavy atom. The van der Waals surface area contributed by atoms with Gasteiger partial charge < -0.3 is 4.43 Å². The lowest BCUT2D eigenvalue weighted by atomic mass is 10.1. The summed E-state index contributed by atoms with van der Waals surface area (Å²) in [4.78, 5) is 4.40. The normalized spacial score (nSPS) is 14.0. The van der Waals surface area contributed by atoms with Gasteiger partial charge in [-0.3, -0.25) is 9.17 Å². The summed E-state index contributed by atoms with van der Waals surface area (Å²) in [6, 6.07) is 10.6. The summed E-state index contributed by atoms with van der Waals surface area (Å²) in [5.74, 6) is 0. The maximum absolute atomic E-state index is 12.4. The second-order valence-corrected chi connectivity index (χ2v) is 15.3. The van der Waals surface area contributed by atoms with Crippen molar-refractivity contribution in [2.75, 3.05) is 6.61 Å². The number of rotatable bonds is 9. The summed E-state index contributed by atoms with van der Waals surface area (Å²) in [5.41, 5.74) is 2.02. The van der Waals surface area contributed by atoms with Gasteiger partial charge in [-0.25, -0.2) is 0 Å². The number of hydrogen-bond acceptors (Lipinski definition) is 5. The molecule has 0 spiro atoms. The summed E-state index contributed by atoms with van der Waals surface area (Å²) in [6.07, 6.45) is 4.67. The molecule has 7 heteroatoms. The van der Waals surface area contributed by atoms with E-state index in [9.17, 15) is 8.42 Å². The molecule has 1 unspecified atom stereocenters. The van der Waals surface area contributed by atoms with E-state index in [1.54, 1.807) is 30.5 Å². The first kappa shape index (κ1) is 23.7. The van der Waals surface area contributed by atoms with Crippen molar-refractivity contribution in [2.24, 2.45) is 0 Å². The van der Waals surface area contributed by atoms with E-state index < -0.39 is 18.4 Å². The van der Waals surface area contributed by atoms with Gasteiger partial charge in [-0.1, -0.05) is 44.5 Å². The molecule has 1 heterocycles. The number of aryl methyl sites for hydroxylation is 1. The van der Waals surface area contributed by atoms with E-state index >= 15 is 0 Å². The monoisotopic (exact) mass is 435 g/mol. The van der Waals surface area contributed by atoms with Gasteiger partial charge in [-0.15, -0.1) is 0 Å². The molecule has 160 valence electrons. The van der Waals surface area contributed by atoms with Gasteiger partial charge in [0.2, 0.25) is 0 Å². The third-order valence-electron chi connectivity index (χ3n) is 5.46. The largest absolute Gasteiger partial charge is 0.410 e. The molecule has 0 saturated heterocycles. The third kappa shape index (κ3) is 6.74. The van der Waals surface area contributed by atoms with Gasteiger partial charge >= 0.3 is 0 Å². The Morgan fingerprint density at radius 2 is 1.76 bits per heavy atom. The molecule has 1 aromatic carbocycles. The molecule has 0 radical (unpaired) electrons. The van der Waals surface area contributed by atoms with Crippen LogP contribution in [0.2, 0.25) is 18.1 Å². The quantitative estimate of drug-likeness (QED) is 0.290. The lowest BCUT2D eigenvalue weighted by Gasteiger charge is -2.39. The fourth-order valence-electron chi connectivity index (χ4n) is 2.60. The van der Waals surface area contributed by atoms with Crippen molar-refractivity contribution in [1.82, 2.24) is 4.98 Å². The molecule has 0 fully saturated rings. The second kappa shape index (κ2) is 9.51. The van der Waals surface area contributed by atoms with Gasteiger partial charge in [-0.2, -0.15) is 8.42 Å². The highest BCUT2D eigenvalue weighted by Crippen LogP contribution is 2.40. The fraction of sp³-hybridized carbons (Fsp3) is 0.500. The first-order valence-electron chi connectivity index (χ1n) is 9.96. The van der Waals surface area contributed by atoms with E-state index in [1.165, 1.54) is 0 Å². The van der Waals surface area contributed by atoms with Crippen LogP contribution >= 0.6 is 0 Å². The molecule has 2 aromatic rings. The molecule has 0 aliphatic rings. The SMILES string of the molecule is Cc1ccc(S(=O)(=O)OCCCC(O[Si](C)(C)C(C)(C)C)c2cccnc2)cc1. The van der Waals surface area contributed by atoms with Crippen molar-refractivity contribution < 1.29 is 17.0 Å². The Balaban J connectivity index is 2.02. The van der Waals surface area contributed by atoms with Crippen LogP contribution < -0.4 is 0 Å². The van der Waals surface area contributed by atoms with Crippen molar-refractivity contribution >= 4 is 18.4 Å². The number of aromatic nitrogens is 1. The van der Waals surface area contributed by atoms with Crippen LogP contribution in [0.5, 0.6) is 0 Å². The van der Waals surface area contributed by atoms with Crippen molar-refractivity contribution in [3.8, 4) is 0 Å². The van der Waals surface area contributed by atoms with Crippen molar-refractivity contribution in [2.45, 2.75) is 69.7 Å². The first-order valence-corrected chi connectivity index (χ1v) is 14.3. The zero-order chi connectivity index (χ0) is 21.7. The number of benzene rings is 1. The molecule has 1 aromatic heterocycles. The van der Waals surface area contributed by atoms with Gasteiger partial charge in [0.1, 0.15) is 0 Å².